The van der Waals surface area contributed by atoms with Crippen LogP contribution in [0.3, 0.4) is 0 Å². The second-order valence-electron chi connectivity index (χ2n) is 15.3. The summed E-state index contributed by atoms with van der Waals surface area (Å²) in [5.41, 5.74) is 0.223. The van der Waals surface area contributed by atoms with Crippen molar-refractivity contribution >= 4 is 23.9 Å². The highest BCUT2D eigenvalue weighted by molar-refractivity contribution is 5.84. The second-order valence-corrected chi connectivity index (χ2v) is 15.3. The zero-order chi connectivity index (χ0) is 30.3. The van der Waals surface area contributed by atoms with Crippen LogP contribution in [0.15, 0.2) is 30.3 Å². The summed E-state index contributed by atoms with van der Waals surface area (Å²) in [6, 6.07) is 9.30. The molecule has 8 bridgehead atoms. The molecule has 238 valence electrons. The van der Waals surface area contributed by atoms with Gasteiger partial charge in [0.05, 0.1) is 13.1 Å². The van der Waals surface area contributed by atoms with Crippen LogP contribution in [-0.4, -0.2) is 49.6 Å². The number of rotatable bonds is 11. The van der Waals surface area contributed by atoms with Crippen molar-refractivity contribution in [1.82, 2.24) is 16.0 Å². The summed E-state index contributed by atoms with van der Waals surface area (Å²) in [4.78, 5) is 52.3. The van der Waals surface area contributed by atoms with Gasteiger partial charge in [-0.2, -0.15) is 0 Å². The summed E-state index contributed by atoms with van der Waals surface area (Å²) >= 11 is 0. The number of ether oxygens (including phenoxy) is 2. The van der Waals surface area contributed by atoms with Gasteiger partial charge in [0.2, 0.25) is 11.8 Å². The number of carbonyl (C=O) groups excluding carboxylic acids is 4. The van der Waals surface area contributed by atoms with Crippen LogP contribution in [0.1, 0.15) is 82.6 Å². The molecular formula is C35H47N3O6. The molecule has 3 amide bonds. The van der Waals surface area contributed by atoms with Gasteiger partial charge in [-0.1, -0.05) is 30.3 Å². The highest BCUT2D eigenvalue weighted by Crippen LogP contribution is 2.61. The SMILES string of the molecule is O=C(CNC(=O)OCc1ccccc1)OC(CNC(=O)C12CC3CC(CC(C3)C1)C2)CNC(=O)C12CC3CC(CC(C3)C1)C2. The first-order valence-corrected chi connectivity index (χ1v) is 17.0. The number of hydrogen-bond acceptors (Lipinski definition) is 6. The Morgan fingerprint density at radius 1 is 0.659 bits per heavy atom. The monoisotopic (exact) mass is 605 g/mol. The van der Waals surface area contributed by atoms with Crippen molar-refractivity contribution in [2.24, 2.45) is 46.3 Å². The van der Waals surface area contributed by atoms with E-state index < -0.39 is 18.2 Å². The Labute approximate surface area is 260 Å². The summed E-state index contributed by atoms with van der Waals surface area (Å²) in [5.74, 6) is 3.36. The van der Waals surface area contributed by atoms with Gasteiger partial charge in [0.15, 0.2) is 0 Å². The van der Waals surface area contributed by atoms with Crippen molar-refractivity contribution in [3.05, 3.63) is 35.9 Å². The number of esters is 1. The maximum Gasteiger partial charge on any atom is 0.407 e. The fraction of sp³-hybridized carbons (Fsp3) is 0.714. The third kappa shape index (κ3) is 6.20. The molecule has 1 aromatic rings. The first kappa shape index (κ1) is 29.6. The number of carbonyl (C=O) groups is 4. The van der Waals surface area contributed by atoms with Gasteiger partial charge in [0, 0.05) is 10.8 Å². The second kappa shape index (κ2) is 12.0. The summed E-state index contributed by atoms with van der Waals surface area (Å²) in [7, 11) is 0. The number of hydrogen-bond donors (Lipinski definition) is 3. The molecule has 0 aliphatic heterocycles. The van der Waals surface area contributed by atoms with Crippen LogP contribution >= 0.6 is 0 Å². The molecule has 44 heavy (non-hydrogen) atoms. The van der Waals surface area contributed by atoms with Crippen LogP contribution in [0.5, 0.6) is 0 Å². The molecule has 1 aromatic carbocycles. The average Bonchev–Trinajstić information content (AvgIpc) is 2.99. The molecule has 0 spiro atoms. The van der Waals surface area contributed by atoms with Crippen LogP contribution in [0.25, 0.3) is 0 Å². The largest absolute Gasteiger partial charge is 0.457 e. The smallest absolute Gasteiger partial charge is 0.407 e. The molecule has 8 saturated carbocycles. The van der Waals surface area contributed by atoms with Gasteiger partial charge in [-0.15, -0.1) is 0 Å². The van der Waals surface area contributed by atoms with Crippen molar-refractivity contribution in [2.75, 3.05) is 19.6 Å². The summed E-state index contributed by atoms with van der Waals surface area (Å²) in [6.07, 6.45) is 11.8. The van der Waals surface area contributed by atoms with E-state index in [4.69, 9.17) is 9.47 Å². The lowest BCUT2D eigenvalue weighted by Crippen LogP contribution is -2.56. The number of amides is 3. The number of benzene rings is 1. The van der Waals surface area contributed by atoms with Crippen molar-refractivity contribution < 1.29 is 28.7 Å². The van der Waals surface area contributed by atoms with E-state index in [2.05, 4.69) is 16.0 Å². The quantitative estimate of drug-likeness (QED) is 0.320. The van der Waals surface area contributed by atoms with E-state index >= 15 is 0 Å². The number of alkyl carbamates (subject to hydrolysis) is 1. The van der Waals surface area contributed by atoms with Gasteiger partial charge in [0.25, 0.3) is 0 Å². The lowest BCUT2D eigenvalue weighted by atomic mass is 9.49. The fourth-order valence-electron chi connectivity index (χ4n) is 10.9. The molecule has 8 aliphatic carbocycles. The molecule has 0 unspecified atom stereocenters. The van der Waals surface area contributed by atoms with Gasteiger partial charge in [0.1, 0.15) is 19.3 Å². The topological polar surface area (TPSA) is 123 Å². The predicted octanol–water partition coefficient (Wildman–Crippen LogP) is 4.49. The van der Waals surface area contributed by atoms with E-state index in [1.807, 2.05) is 30.3 Å². The molecule has 0 saturated heterocycles. The Morgan fingerprint density at radius 3 is 1.52 bits per heavy atom. The third-order valence-corrected chi connectivity index (χ3v) is 11.9. The zero-order valence-corrected chi connectivity index (χ0v) is 25.7. The Kier molecular flexibility index (Phi) is 8.08. The van der Waals surface area contributed by atoms with Gasteiger partial charge in [-0.25, -0.2) is 4.79 Å². The molecule has 0 heterocycles. The number of nitrogens with one attached hydrogen (secondary N) is 3. The van der Waals surface area contributed by atoms with Crippen molar-refractivity contribution in [3.8, 4) is 0 Å². The normalized spacial score (nSPS) is 36.4. The predicted molar refractivity (Wildman–Crippen MR) is 162 cm³/mol. The molecular weight excluding hydrogens is 558 g/mol. The first-order chi connectivity index (χ1) is 21.3. The Morgan fingerprint density at radius 2 is 1.09 bits per heavy atom. The van der Waals surface area contributed by atoms with Crippen LogP contribution in [0.4, 0.5) is 4.79 Å². The van der Waals surface area contributed by atoms with Crippen molar-refractivity contribution in [3.63, 3.8) is 0 Å². The van der Waals surface area contributed by atoms with Crippen molar-refractivity contribution in [1.29, 1.82) is 0 Å². The van der Waals surface area contributed by atoms with E-state index in [0.717, 1.165) is 44.1 Å². The minimum absolute atomic E-state index is 0.0627. The first-order valence-electron chi connectivity index (χ1n) is 17.0. The molecule has 0 aromatic heterocycles. The summed E-state index contributed by atoms with van der Waals surface area (Å²) in [6.45, 7) is -0.00904. The van der Waals surface area contributed by atoms with Crippen LogP contribution in [0, 0.1) is 46.3 Å². The highest BCUT2D eigenvalue weighted by Gasteiger charge is 2.56. The van der Waals surface area contributed by atoms with Gasteiger partial charge in [-0.3, -0.25) is 14.4 Å². The van der Waals surface area contributed by atoms with Gasteiger partial charge < -0.3 is 25.4 Å². The maximum atomic E-state index is 13.6. The molecule has 9 rings (SSSR count). The van der Waals surface area contributed by atoms with E-state index in [-0.39, 0.29) is 48.9 Å². The Hall–Kier alpha value is -3.10. The minimum atomic E-state index is -0.736. The summed E-state index contributed by atoms with van der Waals surface area (Å²) < 4.78 is 11.0. The van der Waals surface area contributed by atoms with Gasteiger partial charge >= 0.3 is 12.1 Å². The lowest BCUT2D eigenvalue weighted by molar-refractivity contribution is -0.153. The Balaban J connectivity index is 0.948. The lowest BCUT2D eigenvalue weighted by Gasteiger charge is -2.55. The molecule has 9 heteroatoms. The molecule has 3 N–H and O–H groups in total. The summed E-state index contributed by atoms with van der Waals surface area (Å²) in [5, 5.41) is 8.71. The zero-order valence-electron chi connectivity index (χ0n) is 25.7. The van der Waals surface area contributed by atoms with E-state index in [1.165, 1.54) is 38.5 Å². The molecule has 8 aliphatic rings. The van der Waals surface area contributed by atoms with Crippen LogP contribution < -0.4 is 16.0 Å². The molecule has 0 atom stereocenters. The van der Waals surface area contributed by atoms with E-state index in [0.29, 0.717) is 35.5 Å². The third-order valence-electron chi connectivity index (χ3n) is 11.9. The molecule has 9 nitrogen and oxygen atoms in total. The van der Waals surface area contributed by atoms with Gasteiger partial charge in [-0.05, 0) is 118 Å². The van der Waals surface area contributed by atoms with Crippen LogP contribution in [-0.2, 0) is 30.5 Å². The molecule has 8 fully saturated rings. The van der Waals surface area contributed by atoms with Crippen LogP contribution in [0.2, 0.25) is 0 Å². The van der Waals surface area contributed by atoms with E-state index in [9.17, 15) is 19.2 Å². The highest BCUT2D eigenvalue weighted by atomic mass is 16.6. The Bertz CT molecular complexity index is 1130. The average molecular weight is 606 g/mol. The molecule has 0 radical (unpaired) electrons. The van der Waals surface area contributed by atoms with Crippen molar-refractivity contribution in [2.45, 2.75) is 89.8 Å². The standard InChI is InChI=1S/C35H47N3O6/c39-30(20-38-33(42)43-21-22-4-2-1-3-5-22)44-29(18-36-31(40)34-12-23-6-24(13-34)8-25(7-23)14-34)19-37-32(41)35-15-26-9-27(16-35)11-28(10-26)17-35/h1-5,23-29H,6-21H2,(H,36,40)(H,37,41)(H,38,42). The maximum absolute atomic E-state index is 13.6. The fourth-order valence-corrected chi connectivity index (χ4v) is 10.9. The minimum Gasteiger partial charge on any atom is -0.457 e. The van der Waals surface area contributed by atoms with E-state index in [1.54, 1.807) is 0 Å².